The number of piperidine rings is 2. The quantitative estimate of drug-likeness (QED) is 0.0633. The number of nitrogens with one attached hydrogen (secondary N) is 4. The minimum Gasteiger partial charge on any atom is -0.506 e. The molecule has 17 nitrogen and oxygen atoms in total. The van der Waals surface area contributed by atoms with Gasteiger partial charge in [-0.3, -0.25) is 10.6 Å². The molecule has 6 N–H and O–H groups in total. The Kier molecular flexibility index (Phi) is 14.4. The van der Waals surface area contributed by atoms with E-state index < -0.39 is 34.7 Å². The van der Waals surface area contributed by atoms with Crippen LogP contribution in [0.25, 0.3) is 20.7 Å². The SMILES string of the molecule is COc1ccc2nc(NC(=O)Nc3ccccc3N3CC4(CCN(CC(C)(C)Cc5ccc(N6CC7(CCN(CC(C)(C)C)CC7)c7c(F)ccc(O)c76)c(NC(=O)Nc6nc7ccc(F)nc7s6)c5)CC4)c4c(F)ccc(O)c43)sc2n1. The Morgan fingerprint density at radius 2 is 1.13 bits per heavy atom. The molecule has 83 heavy (non-hydrogen) atoms. The van der Waals surface area contributed by atoms with Gasteiger partial charge in [-0.2, -0.15) is 4.39 Å². The van der Waals surface area contributed by atoms with Crippen molar-refractivity contribution in [3.8, 4) is 17.4 Å². The van der Waals surface area contributed by atoms with Gasteiger partial charge in [-0.25, -0.2) is 38.3 Å². The van der Waals surface area contributed by atoms with E-state index in [-0.39, 0.29) is 33.3 Å². The first kappa shape index (κ1) is 55.7. The van der Waals surface area contributed by atoms with Crippen molar-refractivity contribution >= 4 is 99.8 Å². The van der Waals surface area contributed by atoms with Crippen molar-refractivity contribution in [2.45, 2.75) is 77.6 Å². The molecule has 4 amide bonds. The van der Waals surface area contributed by atoms with Crippen LogP contribution in [0.3, 0.4) is 0 Å². The Morgan fingerprint density at radius 3 is 1.70 bits per heavy atom. The molecule has 4 aliphatic heterocycles. The third kappa shape index (κ3) is 11.0. The Balaban J connectivity index is 0.776. The van der Waals surface area contributed by atoms with E-state index in [9.17, 15) is 24.2 Å². The highest BCUT2D eigenvalue weighted by Gasteiger charge is 2.51. The van der Waals surface area contributed by atoms with Crippen molar-refractivity contribution in [2.24, 2.45) is 10.8 Å². The molecule has 22 heteroatoms. The average Bonchev–Trinajstić information content (AvgIpc) is 1.91. The van der Waals surface area contributed by atoms with Crippen LogP contribution in [0, 0.1) is 28.4 Å². The summed E-state index contributed by atoms with van der Waals surface area (Å²) in [4.78, 5) is 54.6. The fraction of sp³-hybridized carbons (Fsp3) is 0.377. The lowest BCUT2D eigenvalue weighted by atomic mass is 9.73. The second-order valence-electron chi connectivity index (χ2n) is 24.5. The van der Waals surface area contributed by atoms with Gasteiger partial charge in [0.15, 0.2) is 10.3 Å². The number of para-hydroxylation sites is 2. The molecule has 2 saturated heterocycles. The number of rotatable bonds is 12. The van der Waals surface area contributed by atoms with E-state index in [0.29, 0.717) is 142 Å². The van der Waals surface area contributed by atoms with Crippen molar-refractivity contribution in [3.05, 3.63) is 125 Å². The number of urea groups is 2. The summed E-state index contributed by atoms with van der Waals surface area (Å²) in [5, 5.41) is 35.4. The summed E-state index contributed by atoms with van der Waals surface area (Å²) in [5.41, 5.74) is 4.27. The summed E-state index contributed by atoms with van der Waals surface area (Å²) in [6.07, 6.45) is 3.15. The number of phenolic OH excluding ortho intramolecular Hbond substituents is 2. The largest absolute Gasteiger partial charge is 0.506 e. The van der Waals surface area contributed by atoms with Crippen molar-refractivity contribution < 1.29 is 37.7 Å². The van der Waals surface area contributed by atoms with Gasteiger partial charge in [-0.05, 0) is 141 Å². The number of pyridine rings is 2. The van der Waals surface area contributed by atoms with E-state index in [4.69, 9.17) is 4.74 Å². The smallest absolute Gasteiger partial charge is 0.325 e. The Morgan fingerprint density at radius 1 is 0.614 bits per heavy atom. The van der Waals surface area contributed by atoms with Crippen LogP contribution in [0.4, 0.5) is 67.1 Å². The van der Waals surface area contributed by atoms with Crippen LogP contribution in [-0.2, 0) is 17.3 Å². The molecule has 0 radical (unpaired) electrons. The van der Waals surface area contributed by atoms with E-state index in [1.165, 1.54) is 54.8 Å². The average molecular weight is 1170 g/mol. The molecule has 2 spiro atoms. The number of hydrogen-bond acceptors (Lipinski definition) is 15. The second-order valence-corrected chi connectivity index (χ2v) is 26.4. The number of ether oxygens (including phenoxy) is 1. The van der Waals surface area contributed by atoms with E-state index in [0.717, 1.165) is 36.5 Å². The van der Waals surface area contributed by atoms with Gasteiger partial charge in [0.2, 0.25) is 11.8 Å². The standard InChI is InChI=1S/C61H65F3N12O5S2/c1-58(2,3)31-73-25-21-60(22-26-73)34-76(51-45(78)18-13-37(63)49(51)60)43-16-11-35(29-41(43)66-55(80)72-56-67-39-14-19-46(64)69-52(39)82-56)30-59(4,5)32-74-27-23-61(24-28-74)33-75(50-44(77)17-12-36(62)48(50)61)42-10-8-7-9-38(42)65-54(79)71-57-68-40-15-20-47(81-6)70-53(40)83-57/h7-20,29,77-78H,21-28,30-34H2,1-6H3,(H2,65,68,71,79)(H2,66,67,72,80). The van der Waals surface area contributed by atoms with E-state index in [1.807, 2.05) is 40.1 Å². The number of carbonyl (C=O) groups is 2. The lowest BCUT2D eigenvalue weighted by molar-refractivity contribution is 0.116. The number of aromatic nitrogens is 4. The Hall–Kier alpha value is -7.79. The Bertz CT molecular complexity index is 3830. The summed E-state index contributed by atoms with van der Waals surface area (Å²) in [5.74, 6) is -1.11. The predicted molar refractivity (Wildman–Crippen MR) is 321 cm³/mol. The molecule has 0 unspecified atom stereocenters. The lowest BCUT2D eigenvalue weighted by Gasteiger charge is -2.43. The molecule has 0 atom stereocenters. The van der Waals surface area contributed by atoms with Gasteiger partial charge in [0.1, 0.15) is 43.8 Å². The number of thiazole rings is 2. The summed E-state index contributed by atoms with van der Waals surface area (Å²) in [6.45, 7) is 16.2. The van der Waals surface area contributed by atoms with Crippen LogP contribution in [-0.4, -0.2) is 111 Å². The number of carbonyl (C=O) groups excluding carboxylic acids is 2. The molecule has 4 aromatic carbocycles. The molecule has 12 rings (SSSR count). The van der Waals surface area contributed by atoms with Gasteiger partial charge in [-0.1, -0.05) is 75.5 Å². The molecular weight excluding hydrogens is 1100 g/mol. The summed E-state index contributed by atoms with van der Waals surface area (Å²) in [6, 6.07) is 23.7. The fourth-order valence-electron chi connectivity index (χ4n) is 13.1. The highest BCUT2D eigenvalue weighted by atomic mass is 32.1. The minimum absolute atomic E-state index is 0.0502. The highest BCUT2D eigenvalue weighted by molar-refractivity contribution is 7.22. The molecular formula is C61H65F3N12O5S2. The zero-order chi connectivity index (χ0) is 58.2. The van der Waals surface area contributed by atoms with Gasteiger partial charge in [0.25, 0.3) is 0 Å². The predicted octanol–water partition coefficient (Wildman–Crippen LogP) is 13.1. The minimum atomic E-state index is -0.661. The summed E-state index contributed by atoms with van der Waals surface area (Å²) < 4.78 is 52.1. The molecule has 0 bridgehead atoms. The number of methoxy groups -OCH3 is 1. The van der Waals surface area contributed by atoms with Crippen LogP contribution in [0.1, 0.15) is 77.0 Å². The maximum Gasteiger partial charge on any atom is 0.325 e. The molecule has 0 saturated carbocycles. The molecule has 4 aromatic heterocycles. The van der Waals surface area contributed by atoms with Crippen molar-refractivity contribution in [3.63, 3.8) is 0 Å². The number of fused-ring (bicyclic) bond motifs is 6. The normalized spacial score (nSPS) is 16.9. The molecule has 2 fully saturated rings. The number of halogens is 3. The molecule has 0 aliphatic carbocycles. The highest BCUT2D eigenvalue weighted by Crippen LogP contribution is 2.57. The number of hydrogen-bond donors (Lipinski definition) is 6. The topological polar surface area (TPSA) is 196 Å². The van der Waals surface area contributed by atoms with Gasteiger partial charge in [-0.15, -0.1) is 0 Å². The van der Waals surface area contributed by atoms with Crippen molar-refractivity contribution in [1.29, 1.82) is 0 Å². The number of likely N-dealkylation sites (tertiary alicyclic amines) is 2. The first-order valence-electron chi connectivity index (χ1n) is 27.8. The van der Waals surface area contributed by atoms with Gasteiger partial charge in [0, 0.05) is 54.2 Å². The zero-order valence-corrected chi connectivity index (χ0v) is 48.6. The maximum absolute atomic E-state index is 16.4. The number of anilines is 8. The van der Waals surface area contributed by atoms with Crippen molar-refractivity contribution in [1.82, 2.24) is 29.7 Å². The zero-order valence-electron chi connectivity index (χ0n) is 47.0. The Labute approximate surface area is 486 Å². The molecule has 8 heterocycles. The van der Waals surface area contributed by atoms with Gasteiger partial charge in [0.05, 0.1) is 41.2 Å². The van der Waals surface area contributed by atoms with Crippen molar-refractivity contribution in [2.75, 3.05) is 90.5 Å². The monoisotopic (exact) mass is 1170 g/mol. The first-order valence-corrected chi connectivity index (χ1v) is 29.4. The third-order valence-corrected chi connectivity index (χ3v) is 18.3. The number of nitrogens with zero attached hydrogens (tertiary/aromatic N) is 8. The second kappa shape index (κ2) is 21.4. The fourth-order valence-corrected chi connectivity index (χ4v) is 14.8. The van der Waals surface area contributed by atoms with E-state index in [2.05, 4.69) is 85.6 Å². The van der Waals surface area contributed by atoms with Crippen LogP contribution in [0.15, 0.2) is 91.0 Å². The third-order valence-electron chi connectivity index (χ3n) is 16.5. The van der Waals surface area contributed by atoms with Crippen LogP contribution in [0.5, 0.6) is 17.4 Å². The first-order chi connectivity index (χ1) is 39.6. The number of benzene rings is 4. The molecule has 4 aliphatic rings. The summed E-state index contributed by atoms with van der Waals surface area (Å²) >= 11 is 2.25. The number of aromatic hydroxyl groups is 2. The molecule has 8 aromatic rings. The van der Waals surface area contributed by atoms with Crippen LogP contribution >= 0.6 is 22.7 Å². The van der Waals surface area contributed by atoms with Crippen LogP contribution in [0.2, 0.25) is 0 Å². The summed E-state index contributed by atoms with van der Waals surface area (Å²) in [7, 11) is 1.53. The van der Waals surface area contributed by atoms with E-state index >= 15 is 8.78 Å². The van der Waals surface area contributed by atoms with Gasteiger partial charge < -0.3 is 45.2 Å². The molecule has 432 valence electrons. The number of amides is 4. The van der Waals surface area contributed by atoms with Gasteiger partial charge >= 0.3 is 12.1 Å². The lowest BCUT2D eigenvalue weighted by Crippen LogP contribution is -2.47. The number of phenols is 2. The van der Waals surface area contributed by atoms with E-state index in [1.54, 1.807) is 24.3 Å². The maximum atomic E-state index is 16.4. The van der Waals surface area contributed by atoms with Crippen LogP contribution < -0.4 is 35.8 Å².